The molecule has 3 heterocycles. The van der Waals surface area contributed by atoms with Crippen LogP contribution in [0.25, 0.3) is 10.9 Å². The van der Waals surface area contributed by atoms with Gasteiger partial charge in [0, 0.05) is 35.9 Å². The summed E-state index contributed by atoms with van der Waals surface area (Å²) in [4.78, 5) is 20.8. The number of alkyl halides is 3. The second-order valence-corrected chi connectivity index (χ2v) is 7.10. The van der Waals surface area contributed by atoms with Crippen molar-refractivity contribution in [3.8, 4) is 0 Å². The molecule has 28 heavy (non-hydrogen) atoms. The average molecular weight is 392 g/mol. The standard InChI is InChI=1S/C19H19F3N4O2/c1-11-3-2-8-26(10-11)18-25-16(19(20,21)22)15(28-18)17(27)24-13-4-5-14-12(9-13)6-7-23-14/h4-7,9,11,23H,2-3,8,10H2,1H3,(H,24,27). The van der Waals surface area contributed by atoms with Crippen LogP contribution in [-0.2, 0) is 6.18 Å². The Morgan fingerprint density at radius 2 is 2.18 bits per heavy atom. The molecule has 4 rings (SSSR count). The first kappa shape index (κ1) is 18.4. The summed E-state index contributed by atoms with van der Waals surface area (Å²) >= 11 is 0. The third kappa shape index (κ3) is 3.56. The third-order valence-corrected chi connectivity index (χ3v) is 4.83. The molecular weight excluding hydrogens is 373 g/mol. The molecule has 1 saturated heterocycles. The number of carbonyl (C=O) groups excluding carboxylic acids is 1. The van der Waals surface area contributed by atoms with E-state index in [1.54, 1.807) is 35.4 Å². The molecule has 9 heteroatoms. The second-order valence-electron chi connectivity index (χ2n) is 7.10. The van der Waals surface area contributed by atoms with Crippen molar-refractivity contribution in [1.82, 2.24) is 9.97 Å². The summed E-state index contributed by atoms with van der Waals surface area (Å²) in [6.45, 7) is 3.11. The molecule has 0 radical (unpaired) electrons. The lowest BCUT2D eigenvalue weighted by Crippen LogP contribution is -2.34. The number of halogens is 3. The molecular formula is C19H19F3N4O2. The highest BCUT2D eigenvalue weighted by Crippen LogP contribution is 2.35. The minimum atomic E-state index is -4.79. The fourth-order valence-corrected chi connectivity index (χ4v) is 3.47. The van der Waals surface area contributed by atoms with Crippen molar-refractivity contribution >= 4 is 28.5 Å². The van der Waals surface area contributed by atoms with Gasteiger partial charge in [0.15, 0.2) is 5.69 Å². The number of anilines is 2. The molecule has 1 unspecified atom stereocenters. The van der Waals surface area contributed by atoms with Gasteiger partial charge in [-0.05, 0) is 43.0 Å². The van der Waals surface area contributed by atoms with Crippen molar-refractivity contribution in [2.75, 3.05) is 23.3 Å². The summed E-state index contributed by atoms with van der Waals surface area (Å²) in [5.74, 6) is -1.48. The Hall–Kier alpha value is -2.97. The molecule has 1 aliphatic heterocycles. The largest absolute Gasteiger partial charge is 0.437 e. The maximum atomic E-state index is 13.4. The molecule has 1 aliphatic rings. The lowest BCUT2D eigenvalue weighted by Gasteiger charge is -2.29. The minimum absolute atomic E-state index is 0.162. The number of fused-ring (bicyclic) bond motifs is 1. The molecule has 0 spiro atoms. The van der Waals surface area contributed by atoms with Gasteiger partial charge in [-0.1, -0.05) is 6.92 Å². The molecule has 2 N–H and O–H groups in total. The van der Waals surface area contributed by atoms with Gasteiger partial charge >= 0.3 is 6.18 Å². The van der Waals surface area contributed by atoms with E-state index in [-0.39, 0.29) is 6.01 Å². The molecule has 6 nitrogen and oxygen atoms in total. The fraction of sp³-hybridized carbons (Fsp3) is 0.368. The van der Waals surface area contributed by atoms with Crippen molar-refractivity contribution in [2.45, 2.75) is 25.9 Å². The van der Waals surface area contributed by atoms with Crippen molar-refractivity contribution in [2.24, 2.45) is 5.92 Å². The minimum Gasteiger partial charge on any atom is -0.417 e. The topological polar surface area (TPSA) is 74.2 Å². The Kier molecular flexibility index (Phi) is 4.52. The van der Waals surface area contributed by atoms with Crippen LogP contribution in [0.3, 0.4) is 0 Å². The van der Waals surface area contributed by atoms with Crippen LogP contribution in [0.1, 0.15) is 36.0 Å². The zero-order chi connectivity index (χ0) is 19.9. The van der Waals surface area contributed by atoms with Gasteiger partial charge in [-0.25, -0.2) is 0 Å². The van der Waals surface area contributed by atoms with Crippen molar-refractivity contribution in [1.29, 1.82) is 0 Å². The van der Waals surface area contributed by atoms with Gasteiger partial charge in [0.25, 0.3) is 11.9 Å². The highest BCUT2D eigenvalue weighted by atomic mass is 19.4. The number of aromatic amines is 1. The molecule has 1 fully saturated rings. The summed E-state index contributed by atoms with van der Waals surface area (Å²) in [5.41, 5.74) is -0.0779. The van der Waals surface area contributed by atoms with E-state index in [2.05, 4.69) is 15.3 Å². The van der Waals surface area contributed by atoms with E-state index in [0.717, 1.165) is 23.7 Å². The zero-order valence-electron chi connectivity index (χ0n) is 15.1. The summed E-state index contributed by atoms with van der Waals surface area (Å²) in [6.07, 6.45) is -1.22. The lowest BCUT2D eigenvalue weighted by atomic mass is 10.0. The average Bonchev–Trinajstić information content (AvgIpc) is 3.28. The summed E-state index contributed by atoms with van der Waals surface area (Å²) in [7, 11) is 0. The predicted octanol–water partition coefficient (Wildman–Crippen LogP) is 4.66. The van der Waals surface area contributed by atoms with E-state index in [1.165, 1.54) is 0 Å². The van der Waals surface area contributed by atoms with Gasteiger partial charge in [-0.15, -0.1) is 0 Å². The van der Waals surface area contributed by atoms with Gasteiger partial charge in [0.05, 0.1) is 0 Å². The van der Waals surface area contributed by atoms with E-state index in [0.29, 0.717) is 24.7 Å². The molecule has 0 aliphatic carbocycles. The van der Waals surface area contributed by atoms with Crippen LogP contribution in [0.4, 0.5) is 24.9 Å². The number of rotatable bonds is 3. The van der Waals surface area contributed by atoms with Crippen LogP contribution in [-0.4, -0.2) is 29.0 Å². The van der Waals surface area contributed by atoms with Gasteiger partial charge in [0.1, 0.15) is 0 Å². The number of benzene rings is 1. The van der Waals surface area contributed by atoms with Gasteiger partial charge in [-0.3, -0.25) is 4.79 Å². The van der Waals surface area contributed by atoms with E-state index >= 15 is 0 Å². The van der Waals surface area contributed by atoms with Crippen LogP contribution in [0, 0.1) is 5.92 Å². The zero-order valence-corrected chi connectivity index (χ0v) is 15.1. The summed E-state index contributed by atoms with van der Waals surface area (Å²) < 4.78 is 45.7. The number of piperidine rings is 1. The molecule has 1 atom stereocenters. The number of H-pyrrole nitrogens is 1. The first-order valence-electron chi connectivity index (χ1n) is 9.03. The normalized spacial score (nSPS) is 17.9. The van der Waals surface area contributed by atoms with Gasteiger partial charge < -0.3 is 19.6 Å². The van der Waals surface area contributed by atoms with Crippen LogP contribution in [0.2, 0.25) is 0 Å². The van der Waals surface area contributed by atoms with Crippen LogP contribution in [0.15, 0.2) is 34.9 Å². The second kappa shape index (κ2) is 6.88. The SMILES string of the molecule is CC1CCCN(c2nc(C(F)(F)F)c(C(=O)Nc3ccc4[nH]ccc4c3)o2)C1. The Morgan fingerprint density at radius 1 is 1.36 bits per heavy atom. The first-order valence-corrected chi connectivity index (χ1v) is 9.03. The van der Waals surface area contributed by atoms with Crippen LogP contribution >= 0.6 is 0 Å². The highest BCUT2D eigenvalue weighted by molar-refractivity contribution is 6.04. The monoisotopic (exact) mass is 392 g/mol. The van der Waals surface area contributed by atoms with Crippen molar-refractivity contribution < 1.29 is 22.4 Å². The predicted molar refractivity (Wildman–Crippen MR) is 98.4 cm³/mol. The maximum absolute atomic E-state index is 13.4. The lowest BCUT2D eigenvalue weighted by molar-refractivity contribution is -0.141. The Bertz CT molecular complexity index is 1010. The van der Waals surface area contributed by atoms with E-state index in [4.69, 9.17) is 4.42 Å². The number of hydrogen-bond acceptors (Lipinski definition) is 4. The number of hydrogen-bond donors (Lipinski definition) is 2. The summed E-state index contributed by atoms with van der Waals surface area (Å²) in [6, 6.07) is 6.64. The molecule has 3 aromatic rings. The Balaban J connectivity index is 1.63. The molecule has 0 bridgehead atoms. The molecule has 2 aromatic heterocycles. The maximum Gasteiger partial charge on any atom is 0.437 e. The highest BCUT2D eigenvalue weighted by Gasteiger charge is 2.42. The van der Waals surface area contributed by atoms with Crippen molar-refractivity contribution in [3.63, 3.8) is 0 Å². The number of amides is 1. The smallest absolute Gasteiger partial charge is 0.417 e. The molecule has 1 aromatic carbocycles. The van der Waals surface area contributed by atoms with Crippen LogP contribution in [0.5, 0.6) is 0 Å². The number of nitrogens with zero attached hydrogens (tertiary/aromatic N) is 2. The Labute approximate surface area is 158 Å². The Morgan fingerprint density at radius 3 is 2.93 bits per heavy atom. The molecule has 0 saturated carbocycles. The van der Waals surface area contributed by atoms with E-state index in [1.807, 2.05) is 6.92 Å². The third-order valence-electron chi connectivity index (χ3n) is 4.83. The first-order chi connectivity index (χ1) is 13.3. The quantitative estimate of drug-likeness (QED) is 0.680. The number of carbonyl (C=O) groups is 1. The molecule has 148 valence electrons. The van der Waals surface area contributed by atoms with Gasteiger partial charge in [-0.2, -0.15) is 18.2 Å². The van der Waals surface area contributed by atoms with E-state index < -0.39 is 23.5 Å². The van der Waals surface area contributed by atoms with Crippen molar-refractivity contribution in [3.05, 3.63) is 41.9 Å². The fourth-order valence-electron chi connectivity index (χ4n) is 3.47. The summed E-state index contributed by atoms with van der Waals surface area (Å²) in [5, 5.41) is 3.30. The number of aromatic nitrogens is 2. The molecule has 1 amide bonds. The van der Waals surface area contributed by atoms with Crippen LogP contribution < -0.4 is 10.2 Å². The number of oxazole rings is 1. The van der Waals surface area contributed by atoms with E-state index in [9.17, 15) is 18.0 Å². The van der Waals surface area contributed by atoms with Gasteiger partial charge in [0.2, 0.25) is 5.76 Å². The number of nitrogens with one attached hydrogen (secondary N) is 2.